The monoisotopic (exact) mass is 429 g/mol. The Labute approximate surface area is 187 Å². The van der Waals surface area contributed by atoms with E-state index >= 15 is 0 Å². The van der Waals surface area contributed by atoms with Gasteiger partial charge in [0.05, 0.1) is 18.2 Å². The summed E-state index contributed by atoms with van der Waals surface area (Å²) in [6.45, 7) is 1.06. The van der Waals surface area contributed by atoms with Crippen molar-refractivity contribution >= 4 is 22.7 Å². The van der Waals surface area contributed by atoms with Crippen LogP contribution in [-0.2, 0) is 4.79 Å². The standard InChI is InChI=1S/C26H27N3O3/c1-32-21-8-4-6-18(15-21)22-16-29(17-26(22)12-3-2-9-24(30)28-26)25(31)20-10-11-23-19(14-20)7-5-13-27-23/h4-8,10-11,13-15,22H,2-3,9,12,16-17H2,1H3,(H,28,30)/t22-,26+/m0/s1. The Morgan fingerprint density at radius 3 is 2.94 bits per heavy atom. The summed E-state index contributed by atoms with van der Waals surface area (Å²) in [6.07, 6.45) is 4.98. The Balaban J connectivity index is 1.51. The fourth-order valence-electron chi connectivity index (χ4n) is 5.25. The number of nitrogens with one attached hydrogen (secondary N) is 1. The molecule has 1 N–H and O–H groups in total. The van der Waals surface area contributed by atoms with Gasteiger partial charge in [-0.25, -0.2) is 0 Å². The molecule has 0 bridgehead atoms. The van der Waals surface area contributed by atoms with Crippen LogP contribution < -0.4 is 10.1 Å². The van der Waals surface area contributed by atoms with Crippen LogP contribution in [0.3, 0.4) is 0 Å². The van der Waals surface area contributed by atoms with Gasteiger partial charge in [-0.2, -0.15) is 0 Å². The fourth-order valence-corrected chi connectivity index (χ4v) is 5.25. The molecule has 6 nitrogen and oxygen atoms in total. The predicted octanol–water partition coefficient (Wildman–Crippen LogP) is 3.91. The quantitative estimate of drug-likeness (QED) is 0.685. The van der Waals surface area contributed by atoms with Gasteiger partial charge in [0, 0.05) is 42.6 Å². The van der Waals surface area contributed by atoms with Crippen LogP contribution in [0.15, 0.2) is 60.8 Å². The Bertz CT molecular complexity index is 1180. The summed E-state index contributed by atoms with van der Waals surface area (Å²) >= 11 is 0. The maximum atomic E-state index is 13.6. The Kier molecular flexibility index (Phi) is 5.29. The third kappa shape index (κ3) is 3.70. The van der Waals surface area contributed by atoms with E-state index in [2.05, 4.69) is 16.4 Å². The number of carbonyl (C=O) groups excluding carboxylic acids is 2. The molecular formula is C26H27N3O3. The van der Waals surface area contributed by atoms with E-state index in [0.717, 1.165) is 41.5 Å². The summed E-state index contributed by atoms with van der Waals surface area (Å²) in [5.74, 6) is 0.843. The molecule has 0 unspecified atom stereocenters. The first-order valence-electron chi connectivity index (χ1n) is 11.2. The molecule has 1 aromatic heterocycles. The minimum Gasteiger partial charge on any atom is -0.497 e. The van der Waals surface area contributed by atoms with Crippen molar-refractivity contribution in [3.05, 3.63) is 71.9 Å². The number of benzene rings is 2. The molecule has 5 rings (SSSR count). The molecule has 1 spiro atoms. The van der Waals surface area contributed by atoms with Gasteiger partial charge < -0.3 is 15.0 Å². The van der Waals surface area contributed by atoms with Gasteiger partial charge in [0.15, 0.2) is 0 Å². The largest absolute Gasteiger partial charge is 0.497 e. The average Bonchev–Trinajstić information content (AvgIpc) is 3.08. The minimum atomic E-state index is -0.464. The van der Waals surface area contributed by atoms with Crippen molar-refractivity contribution in [3.8, 4) is 5.75 Å². The van der Waals surface area contributed by atoms with Crippen LogP contribution in [0.25, 0.3) is 10.9 Å². The van der Waals surface area contributed by atoms with E-state index in [-0.39, 0.29) is 17.7 Å². The van der Waals surface area contributed by atoms with Crippen molar-refractivity contribution in [1.29, 1.82) is 0 Å². The molecule has 2 atom stereocenters. The van der Waals surface area contributed by atoms with Crippen molar-refractivity contribution < 1.29 is 14.3 Å². The van der Waals surface area contributed by atoms with Crippen LogP contribution in [0, 0.1) is 0 Å². The highest BCUT2D eigenvalue weighted by atomic mass is 16.5. The number of fused-ring (bicyclic) bond motifs is 1. The Morgan fingerprint density at radius 1 is 1.16 bits per heavy atom. The van der Waals surface area contributed by atoms with Gasteiger partial charge in [0.2, 0.25) is 5.91 Å². The van der Waals surface area contributed by atoms with Gasteiger partial charge in [-0.3, -0.25) is 14.6 Å². The molecule has 2 amide bonds. The SMILES string of the molecule is COc1cccc([C@@H]2CN(C(=O)c3ccc4ncccc4c3)C[C@]23CCCCC(=O)N3)c1. The van der Waals surface area contributed by atoms with E-state index in [1.165, 1.54) is 0 Å². The van der Waals surface area contributed by atoms with Crippen molar-refractivity contribution in [1.82, 2.24) is 15.2 Å². The molecule has 2 saturated heterocycles. The van der Waals surface area contributed by atoms with Crippen LogP contribution in [0.5, 0.6) is 5.75 Å². The number of likely N-dealkylation sites (tertiary alicyclic amines) is 1. The van der Waals surface area contributed by atoms with Crippen molar-refractivity contribution in [3.63, 3.8) is 0 Å². The third-order valence-electron chi connectivity index (χ3n) is 6.84. The van der Waals surface area contributed by atoms with E-state index in [1.54, 1.807) is 13.3 Å². The van der Waals surface area contributed by atoms with Gasteiger partial charge >= 0.3 is 0 Å². The first-order chi connectivity index (χ1) is 15.6. The summed E-state index contributed by atoms with van der Waals surface area (Å²) in [5.41, 5.74) is 2.14. The van der Waals surface area contributed by atoms with Crippen molar-refractivity contribution in [2.75, 3.05) is 20.2 Å². The highest BCUT2D eigenvalue weighted by Gasteiger charge is 2.50. The molecule has 3 heterocycles. The van der Waals surface area contributed by atoms with E-state index in [0.29, 0.717) is 25.1 Å². The highest BCUT2D eigenvalue weighted by Crippen LogP contribution is 2.42. The zero-order chi connectivity index (χ0) is 22.1. The number of carbonyl (C=O) groups is 2. The van der Waals surface area contributed by atoms with E-state index < -0.39 is 5.54 Å². The molecule has 2 fully saturated rings. The molecule has 164 valence electrons. The van der Waals surface area contributed by atoms with Crippen LogP contribution in [-0.4, -0.2) is 47.4 Å². The molecule has 2 aromatic carbocycles. The van der Waals surface area contributed by atoms with Crippen molar-refractivity contribution in [2.24, 2.45) is 0 Å². The lowest BCUT2D eigenvalue weighted by Crippen LogP contribution is -2.52. The molecule has 0 saturated carbocycles. The number of ether oxygens (including phenoxy) is 1. The van der Waals surface area contributed by atoms with Crippen LogP contribution in [0.4, 0.5) is 0 Å². The Hall–Kier alpha value is -3.41. The third-order valence-corrected chi connectivity index (χ3v) is 6.84. The van der Waals surface area contributed by atoms with Gasteiger partial charge in [0.1, 0.15) is 5.75 Å². The number of aromatic nitrogens is 1. The molecule has 6 heteroatoms. The first-order valence-corrected chi connectivity index (χ1v) is 11.2. The number of methoxy groups -OCH3 is 1. The van der Waals surface area contributed by atoms with Gasteiger partial charge in [0.25, 0.3) is 5.91 Å². The van der Waals surface area contributed by atoms with Crippen LogP contribution >= 0.6 is 0 Å². The highest BCUT2D eigenvalue weighted by molar-refractivity contribution is 5.98. The number of nitrogens with zero attached hydrogens (tertiary/aromatic N) is 2. The summed E-state index contributed by atoms with van der Waals surface area (Å²) in [5, 5.41) is 4.27. The smallest absolute Gasteiger partial charge is 0.253 e. The molecule has 2 aliphatic rings. The van der Waals surface area contributed by atoms with Gasteiger partial charge in [-0.1, -0.05) is 24.6 Å². The van der Waals surface area contributed by atoms with Crippen LogP contribution in [0.1, 0.15) is 47.5 Å². The summed E-state index contributed by atoms with van der Waals surface area (Å²) < 4.78 is 5.45. The first kappa shape index (κ1) is 20.5. The second kappa shape index (κ2) is 8.26. The zero-order valence-corrected chi connectivity index (χ0v) is 18.2. The zero-order valence-electron chi connectivity index (χ0n) is 18.2. The molecular weight excluding hydrogens is 402 g/mol. The molecule has 3 aromatic rings. The second-order valence-electron chi connectivity index (χ2n) is 8.84. The number of rotatable bonds is 3. The van der Waals surface area contributed by atoms with Gasteiger partial charge in [-0.05, 0) is 54.8 Å². The second-order valence-corrected chi connectivity index (χ2v) is 8.84. The topological polar surface area (TPSA) is 71.5 Å². The number of hydrogen-bond acceptors (Lipinski definition) is 4. The normalized spacial score (nSPS) is 23.2. The summed E-state index contributed by atoms with van der Waals surface area (Å²) in [7, 11) is 1.65. The lowest BCUT2D eigenvalue weighted by molar-refractivity contribution is -0.122. The van der Waals surface area contributed by atoms with Crippen molar-refractivity contribution in [2.45, 2.75) is 37.1 Å². The predicted molar refractivity (Wildman–Crippen MR) is 123 cm³/mol. The number of hydrogen-bond donors (Lipinski definition) is 1. The van der Waals surface area contributed by atoms with E-state index in [1.807, 2.05) is 53.4 Å². The molecule has 0 radical (unpaired) electrons. The van der Waals surface area contributed by atoms with Gasteiger partial charge in [-0.15, -0.1) is 0 Å². The number of pyridine rings is 1. The fraction of sp³-hybridized carbons (Fsp3) is 0.346. The maximum absolute atomic E-state index is 13.6. The maximum Gasteiger partial charge on any atom is 0.253 e. The van der Waals surface area contributed by atoms with E-state index in [9.17, 15) is 9.59 Å². The minimum absolute atomic E-state index is 0.00530. The lowest BCUT2D eigenvalue weighted by Gasteiger charge is -2.34. The summed E-state index contributed by atoms with van der Waals surface area (Å²) in [4.78, 5) is 32.4. The molecule has 2 aliphatic heterocycles. The van der Waals surface area contributed by atoms with Crippen LogP contribution in [0.2, 0.25) is 0 Å². The number of amides is 2. The lowest BCUT2D eigenvalue weighted by atomic mass is 9.79. The van der Waals surface area contributed by atoms with E-state index in [4.69, 9.17) is 4.74 Å². The summed E-state index contributed by atoms with van der Waals surface area (Å²) in [6, 6.07) is 17.5. The Morgan fingerprint density at radius 2 is 2.06 bits per heavy atom. The molecule has 32 heavy (non-hydrogen) atoms. The average molecular weight is 430 g/mol. The molecule has 0 aliphatic carbocycles.